The van der Waals surface area contributed by atoms with Crippen LogP contribution in [0.2, 0.25) is 0 Å². The molecule has 0 bridgehead atoms. The molecule has 0 aromatic carbocycles. The lowest BCUT2D eigenvalue weighted by Crippen LogP contribution is -2.33. The predicted octanol–water partition coefficient (Wildman–Crippen LogP) is 0.741. The van der Waals surface area contributed by atoms with Gasteiger partial charge in [-0.15, -0.1) is 0 Å². The van der Waals surface area contributed by atoms with E-state index in [0.717, 1.165) is 12.3 Å². The van der Waals surface area contributed by atoms with Crippen LogP contribution < -0.4 is 5.32 Å². The van der Waals surface area contributed by atoms with E-state index in [2.05, 4.69) is 23.6 Å². The molecule has 1 heterocycles. The van der Waals surface area contributed by atoms with E-state index in [1.54, 1.807) is 11.8 Å². The zero-order valence-electron chi connectivity index (χ0n) is 11.2. The van der Waals surface area contributed by atoms with Crippen LogP contribution in [-0.2, 0) is 6.54 Å². The molecule has 19 heavy (non-hydrogen) atoms. The number of nitro groups is 1. The van der Waals surface area contributed by atoms with E-state index in [0.29, 0.717) is 12.5 Å². The Kier molecular flexibility index (Phi) is 6.82. The fourth-order valence-electron chi connectivity index (χ4n) is 1.67. The second-order valence-electron chi connectivity index (χ2n) is 4.55. The molecule has 1 aromatic rings. The number of rotatable bonds is 9. The van der Waals surface area contributed by atoms with Gasteiger partial charge in [0.2, 0.25) is 0 Å². The van der Waals surface area contributed by atoms with E-state index in [9.17, 15) is 15.2 Å². The molecule has 2 atom stereocenters. The van der Waals surface area contributed by atoms with Gasteiger partial charge in [0.1, 0.15) is 12.4 Å². The van der Waals surface area contributed by atoms with Gasteiger partial charge in [-0.05, 0) is 24.5 Å². The zero-order chi connectivity index (χ0) is 14.3. The van der Waals surface area contributed by atoms with E-state index >= 15 is 0 Å². The van der Waals surface area contributed by atoms with Crippen molar-refractivity contribution in [1.29, 1.82) is 0 Å². The first-order chi connectivity index (χ1) is 9.02. The molecule has 0 aliphatic carbocycles. The highest BCUT2D eigenvalue weighted by atomic mass is 32.2. The van der Waals surface area contributed by atoms with E-state index in [1.807, 2.05) is 0 Å². The monoisotopic (exact) mass is 288 g/mol. The van der Waals surface area contributed by atoms with Gasteiger partial charge in [-0.1, -0.05) is 6.92 Å². The van der Waals surface area contributed by atoms with Gasteiger partial charge in [-0.2, -0.15) is 16.9 Å². The average Bonchev–Trinajstić information content (AvgIpc) is 2.78. The van der Waals surface area contributed by atoms with Crippen molar-refractivity contribution in [3.8, 4) is 0 Å². The number of hydrogen-bond donors (Lipinski definition) is 2. The van der Waals surface area contributed by atoms with Gasteiger partial charge in [0, 0.05) is 6.54 Å². The van der Waals surface area contributed by atoms with E-state index in [1.165, 1.54) is 17.1 Å². The van der Waals surface area contributed by atoms with Crippen LogP contribution in [0.5, 0.6) is 0 Å². The summed E-state index contributed by atoms with van der Waals surface area (Å²) < 4.78 is 1.38. The zero-order valence-corrected chi connectivity index (χ0v) is 12.0. The molecule has 8 heteroatoms. The maximum atomic E-state index is 10.5. The Bertz CT molecular complexity index is 399. The van der Waals surface area contributed by atoms with Gasteiger partial charge in [0.15, 0.2) is 0 Å². The lowest BCUT2D eigenvalue weighted by atomic mass is 10.2. The standard InChI is InChI=1S/C11H20N4O3S/c1-9(8-19-2)3-12-5-11(16)7-14-6-10(4-13-14)15(17)18/h4,6,9,11-12,16H,3,5,7-8H2,1-2H3. The molecule has 0 saturated carbocycles. The number of aromatic nitrogens is 2. The summed E-state index contributed by atoms with van der Waals surface area (Å²) in [5, 5.41) is 27.3. The molecule has 0 saturated heterocycles. The summed E-state index contributed by atoms with van der Waals surface area (Å²) in [4.78, 5) is 9.98. The van der Waals surface area contributed by atoms with E-state index in [-0.39, 0.29) is 12.2 Å². The second-order valence-corrected chi connectivity index (χ2v) is 5.46. The van der Waals surface area contributed by atoms with Crippen molar-refractivity contribution in [1.82, 2.24) is 15.1 Å². The van der Waals surface area contributed by atoms with Gasteiger partial charge >= 0.3 is 5.69 Å². The quantitative estimate of drug-likeness (QED) is 0.514. The lowest BCUT2D eigenvalue weighted by Gasteiger charge is -2.14. The number of nitrogens with one attached hydrogen (secondary N) is 1. The topological polar surface area (TPSA) is 93.2 Å². The third-order valence-corrected chi connectivity index (χ3v) is 3.45. The lowest BCUT2D eigenvalue weighted by molar-refractivity contribution is -0.385. The molecule has 1 aromatic heterocycles. The maximum Gasteiger partial charge on any atom is 0.306 e. The van der Waals surface area contributed by atoms with Crippen molar-refractivity contribution >= 4 is 17.4 Å². The third kappa shape index (κ3) is 6.04. The molecular weight excluding hydrogens is 268 g/mol. The molecule has 108 valence electrons. The van der Waals surface area contributed by atoms with Crippen LogP contribution in [0.1, 0.15) is 6.92 Å². The smallest absolute Gasteiger partial charge is 0.306 e. The molecule has 0 aliphatic rings. The first-order valence-corrected chi connectivity index (χ1v) is 7.47. The molecule has 7 nitrogen and oxygen atoms in total. The maximum absolute atomic E-state index is 10.5. The summed E-state index contributed by atoms with van der Waals surface area (Å²) >= 11 is 1.80. The molecule has 0 aliphatic heterocycles. The summed E-state index contributed by atoms with van der Waals surface area (Å²) in [6.45, 7) is 3.69. The average molecular weight is 288 g/mol. The van der Waals surface area contributed by atoms with Crippen LogP contribution in [0.4, 0.5) is 5.69 Å². The van der Waals surface area contributed by atoms with Crippen LogP contribution >= 0.6 is 11.8 Å². The van der Waals surface area contributed by atoms with Crippen molar-refractivity contribution in [2.75, 3.05) is 25.1 Å². The highest BCUT2D eigenvalue weighted by molar-refractivity contribution is 7.98. The van der Waals surface area contributed by atoms with Gasteiger partial charge < -0.3 is 10.4 Å². The first kappa shape index (κ1) is 15.9. The molecule has 2 unspecified atom stereocenters. The van der Waals surface area contributed by atoms with Crippen molar-refractivity contribution in [2.24, 2.45) is 5.92 Å². The Hall–Kier alpha value is -1.12. The molecule has 2 N–H and O–H groups in total. The fourth-order valence-corrected chi connectivity index (χ4v) is 2.35. The highest BCUT2D eigenvalue weighted by Gasteiger charge is 2.12. The summed E-state index contributed by atoms with van der Waals surface area (Å²) in [5.74, 6) is 1.63. The Balaban J connectivity index is 2.26. The molecule has 0 spiro atoms. The summed E-state index contributed by atoms with van der Waals surface area (Å²) in [6, 6.07) is 0. The summed E-state index contributed by atoms with van der Waals surface area (Å²) in [6.07, 6.45) is 3.96. The number of hydrogen-bond acceptors (Lipinski definition) is 6. The fraction of sp³-hybridized carbons (Fsp3) is 0.727. The first-order valence-electron chi connectivity index (χ1n) is 6.07. The second kappa shape index (κ2) is 8.13. The number of thioether (sulfide) groups is 1. The van der Waals surface area contributed by atoms with Crippen LogP contribution in [0.25, 0.3) is 0 Å². The van der Waals surface area contributed by atoms with E-state index in [4.69, 9.17) is 0 Å². The number of nitrogens with zero attached hydrogens (tertiary/aromatic N) is 3. The Morgan fingerprint density at radius 1 is 1.63 bits per heavy atom. The molecule has 0 fully saturated rings. The molecule has 0 amide bonds. The Morgan fingerprint density at radius 2 is 2.37 bits per heavy atom. The van der Waals surface area contributed by atoms with Gasteiger partial charge in [0.25, 0.3) is 0 Å². The Labute approximate surface area is 116 Å². The Morgan fingerprint density at radius 3 is 2.95 bits per heavy atom. The van der Waals surface area contributed by atoms with Gasteiger partial charge in [-0.25, -0.2) is 0 Å². The van der Waals surface area contributed by atoms with Gasteiger partial charge in [-0.3, -0.25) is 14.8 Å². The minimum Gasteiger partial charge on any atom is -0.390 e. The normalized spacial score (nSPS) is 14.3. The molecular formula is C11H20N4O3S. The number of aliphatic hydroxyl groups excluding tert-OH is 1. The predicted molar refractivity (Wildman–Crippen MR) is 75.3 cm³/mol. The van der Waals surface area contributed by atoms with Crippen molar-refractivity contribution in [2.45, 2.75) is 19.6 Å². The van der Waals surface area contributed by atoms with Gasteiger partial charge in [0.05, 0.1) is 17.6 Å². The van der Waals surface area contributed by atoms with E-state index < -0.39 is 11.0 Å². The van der Waals surface area contributed by atoms with Crippen LogP contribution in [0, 0.1) is 16.0 Å². The molecule has 0 radical (unpaired) electrons. The van der Waals surface area contributed by atoms with Crippen molar-refractivity contribution < 1.29 is 10.0 Å². The number of aliphatic hydroxyl groups is 1. The van der Waals surface area contributed by atoms with Crippen LogP contribution in [0.3, 0.4) is 0 Å². The largest absolute Gasteiger partial charge is 0.390 e. The van der Waals surface area contributed by atoms with Crippen molar-refractivity contribution in [3.05, 3.63) is 22.5 Å². The van der Waals surface area contributed by atoms with Crippen LogP contribution in [0.15, 0.2) is 12.4 Å². The van der Waals surface area contributed by atoms with Crippen molar-refractivity contribution in [3.63, 3.8) is 0 Å². The summed E-state index contributed by atoms with van der Waals surface area (Å²) in [5.41, 5.74) is -0.0613. The SMILES string of the molecule is CSCC(C)CNCC(O)Cn1cc([N+](=O)[O-])cn1. The minimum atomic E-state index is -0.610. The minimum absolute atomic E-state index is 0.0613. The third-order valence-electron chi connectivity index (χ3n) is 2.55. The summed E-state index contributed by atoms with van der Waals surface area (Å²) in [7, 11) is 0. The molecule has 1 rings (SSSR count). The van der Waals surface area contributed by atoms with Crippen LogP contribution in [-0.4, -0.2) is 51.0 Å². The highest BCUT2D eigenvalue weighted by Crippen LogP contribution is 2.08.